The number of nitrogens with two attached hydrogens (primary N) is 1. The topological polar surface area (TPSA) is 51.8 Å². The molecule has 64 valence electrons. The lowest BCUT2D eigenvalue weighted by molar-refractivity contribution is 1.01. The fraction of sp³-hybridized carbons (Fsp3) is 0.333. The quantitative estimate of drug-likeness (QED) is 0.727. The van der Waals surface area contributed by atoms with Crippen LogP contribution in [0.3, 0.4) is 0 Å². The second kappa shape index (κ2) is 4.62. The van der Waals surface area contributed by atoms with Gasteiger partial charge < -0.3 is 5.73 Å². The molecule has 0 bridgehead atoms. The Balaban J connectivity index is 2.63. The summed E-state index contributed by atoms with van der Waals surface area (Å²) < 4.78 is 0. The summed E-state index contributed by atoms with van der Waals surface area (Å²) in [5.41, 5.74) is 7.16. The van der Waals surface area contributed by atoms with Crippen molar-refractivity contribution >= 4 is 6.08 Å². The van der Waals surface area contributed by atoms with Gasteiger partial charge in [0.05, 0.1) is 17.6 Å². The van der Waals surface area contributed by atoms with Crippen LogP contribution >= 0.6 is 0 Å². The average molecular weight is 163 g/mol. The molecule has 0 atom stereocenters. The minimum atomic E-state index is 0.676. The monoisotopic (exact) mass is 163 g/mol. The van der Waals surface area contributed by atoms with Crippen LogP contribution in [-0.2, 0) is 0 Å². The maximum Gasteiger partial charge on any atom is 0.0812 e. The second-order valence-electron chi connectivity index (χ2n) is 2.57. The van der Waals surface area contributed by atoms with Crippen molar-refractivity contribution in [3.8, 4) is 0 Å². The summed E-state index contributed by atoms with van der Waals surface area (Å²) in [5.74, 6) is 0. The molecule has 1 aromatic heterocycles. The molecule has 1 heterocycles. The largest absolute Gasteiger partial charge is 0.330 e. The van der Waals surface area contributed by atoms with Crippen molar-refractivity contribution in [3.05, 3.63) is 29.9 Å². The predicted molar refractivity (Wildman–Crippen MR) is 49.5 cm³/mol. The van der Waals surface area contributed by atoms with Crippen LogP contribution in [0, 0.1) is 6.92 Å². The Kier molecular flexibility index (Phi) is 3.41. The van der Waals surface area contributed by atoms with Gasteiger partial charge in [-0.25, -0.2) is 0 Å². The standard InChI is InChI=1S/C9H13N3/c1-8-6-11-7-9(12-8)4-2-3-5-10/h2,4,6-7H,3,5,10H2,1H3. The van der Waals surface area contributed by atoms with E-state index in [0.717, 1.165) is 17.8 Å². The van der Waals surface area contributed by atoms with Gasteiger partial charge in [-0.2, -0.15) is 0 Å². The van der Waals surface area contributed by atoms with E-state index in [4.69, 9.17) is 5.73 Å². The van der Waals surface area contributed by atoms with Crippen molar-refractivity contribution < 1.29 is 0 Å². The first-order valence-electron chi connectivity index (χ1n) is 3.98. The number of aromatic nitrogens is 2. The van der Waals surface area contributed by atoms with E-state index in [-0.39, 0.29) is 0 Å². The summed E-state index contributed by atoms with van der Waals surface area (Å²) in [6.45, 7) is 2.60. The van der Waals surface area contributed by atoms with Gasteiger partial charge in [-0.15, -0.1) is 0 Å². The molecule has 1 aromatic rings. The Bertz CT molecular complexity index is 268. The molecule has 0 aliphatic carbocycles. The Morgan fingerprint density at radius 2 is 2.33 bits per heavy atom. The van der Waals surface area contributed by atoms with Crippen LogP contribution in [0.25, 0.3) is 6.08 Å². The zero-order chi connectivity index (χ0) is 8.81. The van der Waals surface area contributed by atoms with Crippen molar-refractivity contribution in [1.29, 1.82) is 0 Å². The lowest BCUT2D eigenvalue weighted by Crippen LogP contribution is -1.95. The minimum Gasteiger partial charge on any atom is -0.330 e. The number of rotatable bonds is 3. The number of hydrogen-bond donors (Lipinski definition) is 1. The average Bonchev–Trinajstić information content (AvgIpc) is 2.05. The van der Waals surface area contributed by atoms with E-state index in [2.05, 4.69) is 9.97 Å². The minimum absolute atomic E-state index is 0.676. The molecule has 1 rings (SSSR count). The van der Waals surface area contributed by atoms with E-state index < -0.39 is 0 Å². The first kappa shape index (κ1) is 8.87. The Hall–Kier alpha value is -1.22. The molecule has 0 radical (unpaired) electrons. The molecule has 0 spiro atoms. The van der Waals surface area contributed by atoms with E-state index in [9.17, 15) is 0 Å². The molecule has 0 saturated carbocycles. The lowest BCUT2D eigenvalue weighted by atomic mass is 10.3. The summed E-state index contributed by atoms with van der Waals surface area (Å²) >= 11 is 0. The van der Waals surface area contributed by atoms with E-state index >= 15 is 0 Å². The molecule has 3 nitrogen and oxygen atoms in total. The first-order chi connectivity index (χ1) is 5.83. The fourth-order valence-corrected chi connectivity index (χ4v) is 0.863. The molecule has 12 heavy (non-hydrogen) atoms. The fourth-order valence-electron chi connectivity index (χ4n) is 0.863. The third kappa shape index (κ3) is 2.80. The normalized spacial score (nSPS) is 10.8. The highest BCUT2D eigenvalue weighted by atomic mass is 14.8. The van der Waals surface area contributed by atoms with Crippen molar-refractivity contribution in [2.75, 3.05) is 6.54 Å². The number of aryl methyl sites for hydroxylation is 1. The van der Waals surface area contributed by atoms with Gasteiger partial charge in [-0.1, -0.05) is 6.08 Å². The van der Waals surface area contributed by atoms with Crippen LogP contribution in [0.15, 0.2) is 18.5 Å². The van der Waals surface area contributed by atoms with Gasteiger partial charge in [-0.3, -0.25) is 9.97 Å². The van der Waals surface area contributed by atoms with Gasteiger partial charge in [-0.05, 0) is 26.0 Å². The molecule has 0 saturated heterocycles. The van der Waals surface area contributed by atoms with E-state index in [1.54, 1.807) is 12.4 Å². The van der Waals surface area contributed by atoms with Crippen LogP contribution < -0.4 is 5.73 Å². The highest BCUT2D eigenvalue weighted by Crippen LogP contribution is 1.97. The molecule has 0 aliphatic rings. The molecular formula is C9H13N3. The van der Waals surface area contributed by atoms with Crippen LogP contribution in [0.5, 0.6) is 0 Å². The van der Waals surface area contributed by atoms with Crippen LogP contribution in [0.1, 0.15) is 17.8 Å². The molecule has 0 aliphatic heterocycles. The molecule has 0 amide bonds. The van der Waals surface area contributed by atoms with Crippen molar-refractivity contribution in [1.82, 2.24) is 9.97 Å². The summed E-state index contributed by atoms with van der Waals surface area (Å²) in [4.78, 5) is 8.27. The Morgan fingerprint density at radius 3 is 3.00 bits per heavy atom. The summed E-state index contributed by atoms with van der Waals surface area (Å²) in [7, 11) is 0. The second-order valence-corrected chi connectivity index (χ2v) is 2.57. The van der Waals surface area contributed by atoms with Gasteiger partial charge in [0.15, 0.2) is 0 Å². The lowest BCUT2D eigenvalue weighted by Gasteiger charge is -1.93. The first-order valence-corrected chi connectivity index (χ1v) is 3.98. The number of hydrogen-bond acceptors (Lipinski definition) is 3. The number of nitrogens with zero attached hydrogens (tertiary/aromatic N) is 2. The van der Waals surface area contributed by atoms with Crippen LogP contribution in [0.4, 0.5) is 0 Å². The molecular weight excluding hydrogens is 150 g/mol. The van der Waals surface area contributed by atoms with Crippen molar-refractivity contribution in [3.63, 3.8) is 0 Å². The van der Waals surface area contributed by atoms with Crippen molar-refractivity contribution in [2.45, 2.75) is 13.3 Å². The summed E-state index contributed by atoms with van der Waals surface area (Å²) in [6, 6.07) is 0. The summed E-state index contributed by atoms with van der Waals surface area (Å²) in [6.07, 6.45) is 8.30. The van der Waals surface area contributed by atoms with E-state index in [1.165, 1.54) is 0 Å². The van der Waals surface area contributed by atoms with E-state index in [0.29, 0.717) is 6.54 Å². The smallest absolute Gasteiger partial charge is 0.0812 e. The van der Waals surface area contributed by atoms with Crippen LogP contribution in [0.2, 0.25) is 0 Å². The Morgan fingerprint density at radius 1 is 1.50 bits per heavy atom. The molecule has 0 fully saturated rings. The SMILES string of the molecule is Cc1cncc(C=CCCN)n1. The van der Waals surface area contributed by atoms with Gasteiger partial charge in [0.1, 0.15) is 0 Å². The highest BCUT2D eigenvalue weighted by molar-refractivity contribution is 5.42. The maximum absolute atomic E-state index is 5.34. The maximum atomic E-state index is 5.34. The molecule has 3 heteroatoms. The molecule has 2 N–H and O–H groups in total. The molecule has 0 unspecified atom stereocenters. The van der Waals surface area contributed by atoms with E-state index in [1.807, 2.05) is 19.1 Å². The van der Waals surface area contributed by atoms with Gasteiger partial charge >= 0.3 is 0 Å². The Labute approximate surface area is 72.3 Å². The third-order valence-corrected chi connectivity index (χ3v) is 1.40. The zero-order valence-corrected chi connectivity index (χ0v) is 7.20. The van der Waals surface area contributed by atoms with Gasteiger partial charge in [0.2, 0.25) is 0 Å². The van der Waals surface area contributed by atoms with Gasteiger partial charge in [0, 0.05) is 6.20 Å². The summed E-state index contributed by atoms with van der Waals surface area (Å²) in [5, 5.41) is 0. The highest BCUT2D eigenvalue weighted by Gasteiger charge is 1.88. The van der Waals surface area contributed by atoms with Crippen molar-refractivity contribution in [2.24, 2.45) is 5.73 Å². The molecule has 0 aromatic carbocycles. The third-order valence-electron chi connectivity index (χ3n) is 1.40. The van der Waals surface area contributed by atoms with Gasteiger partial charge in [0.25, 0.3) is 0 Å². The van der Waals surface area contributed by atoms with Crippen LogP contribution in [-0.4, -0.2) is 16.5 Å². The predicted octanol–water partition coefficient (Wildman–Crippen LogP) is 1.15. The zero-order valence-electron chi connectivity index (χ0n) is 7.20.